The average Bonchev–Trinajstić information content (AvgIpc) is 3.10. The highest BCUT2D eigenvalue weighted by atomic mass is 19.1. The number of hydrogen-bond donors (Lipinski definition) is 0. The molecule has 1 aromatic carbocycles. The summed E-state index contributed by atoms with van der Waals surface area (Å²) >= 11 is 0. The van der Waals surface area contributed by atoms with Crippen molar-refractivity contribution in [3.05, 3.63) is 94.0 Å². The first kappa shape index (κ1) is 17.7. The zero-order valence-electron chi connectivity index (χ0n) is 14.4. The van der Waals surface area contributed by atoms with Crippen molar-refractivity contribution in [2.45, 2.75) is 20.0 Å². The van der Waals surface area contributed by atoms with Gasteiger partial charge in [-0.2, -0.15) is 0 Å². The maximum Gasteiger partial charge on any atom is 0.289 e. The molecule has 3 aromatic rings. The van der Waals surface area contributed by atoms with Crippen LogP contribution in [0.15, 0.2) is 70.0 Å². The van der Waals surface area contributed by atoms with E-state index in [1.807, 2.05) is 6.92 Å². The van der Waals surface area contributed by atoms with Crippen LogP contribution in [0.5, 0.6) is 0 Å². The summed E-state index contributed by atoms with van der Waals surface area (Å²) in [4.78, 5) is 26.0. The molecule has 0 aliphatic heterocycles. The van der Waals surface area contributed by atoms with E-state index in [0.717, 1.165) is 0 Å². The summed E-state index contributed by atoms with van der Waals surface area (Å²) in [7, 11) is 0. The summed E-state index contributed by atoms with van der Waals surface area (Å²) in [6.07, 6.45) is 1.66. The van der Waals surface area contributed by atoms with Gasteiger partial charge >= 0.3 is 0 Å². The van der Waals surface area contributed by atoms with Crippen LogP contribution in [0.3, 0.4) is 0 Å². The Morgan fingerprint density at radius 1 is 1.15 bits per heavy atom. The van der Waals surface area contributed by atoms with Crippen LogP contribution < -0.4 is 5.56 Å². The number of aromatic nitrogens is 1. The van der Waals surface area contributed by atoms with Crippen molar-refractivity contribution in [2.75, 3.05) is 6.54 Å². The fraction of sp³-hybridized carbons (Fsp3) is 0.200. The first-order valence-corrected chi connectivity index (χ1v) is 8.34. The Morgan fingerprint density at radius 2 is 2.00 bits per heavy atom. The van der Waals surface area contributed by atoms with Crippen molar-refractivity contribution in [3.8, 4) is 0 Å². The van der Waals surface area contributed by atoms with E-state index in [2.05, 4.69) is 0 Å². The van der Waals surface area contributed by atoms with E-state index in [1.54, 1.807) is 47.5 Å². The zero-order chi connectivity index (χ0) is 18.5. The van der Waals surface area contributed by atoms with E-state index in [4.69, 9.17) is 4.42 Å². The average molecular weight is 354 g/mol. The molecule has 5 nitrogen and oxygen atoms in total. The second-order valence-corrected chi connectivity index (χ2v) is 5.88. The Bertz CT molecular complexity index is 961. The van der Waals surface area contributed by atoms with Crippen LogP contribution in [0.1, 0.15) is 28.8 Å². The highest BCUT2D eigenvalue weighted by Gasteiger charge is 2.18. The zero-order valence-corrected chi connectivity index (χ0v) is 14.4. The molecule has 0 unspecified atom stereocenters. The topological polar surface area (TPSA) is 55.5 Å². The van der Waals surface area contributed by atoms with Gasteiger partial charge in [0.15, 0.2) is 5.76 Å². The Labute approximate surface area is 150 Å². The van der Waals surface area contributed by atoms with Crippen LogP contribution in [0, 0.1) is 5.82 Å². The molecule has 0 aliphatic rings. The lowest BCUT2D eigenvalue weighted by Gasteiger charge is -2.19. The minimum atomic E-state index is -0.334. The quantitative estimate of drug-likeness (QED) is 0.683. The van der Waals surface area contributed by atoms with Crippen LogP contribution in [-0.2, 0) is 13.1 Å². The maximum atomic E-state index is 13.3. The molecule has 2 heterocycles. The molecule has 0 bridgehead atoms. The van der Waals surface area contributed by atoms with Gasteiger partial charge < -0.3 is 13.9 Å². The summed E-state index contributed by atoms with van der Waals surface area (Å²) in [5.74, 6) is 0.105. The lowest BCUT2D eigenvalue weighted by atomic mass is 10.2. The Morgan fingerprint density at radius 3 is 2.73 bits per heavy atom. The van der Waals surface area contributed by atoms with Crippen molar-refractivity contribution in [1.29, 1.82) is 0 Å². The van der Waals surface area contributed by atoms with Crippen molar-refractivity contribution >= 4 is 5.91 Å². The first-order valence-electron chi connectivity index (χ1n) is 8.34. The molecule has 3 rings (SSSR count). The number of hydrogen-bond acceptors (Lipinski definition) is 3. The predicted molar refractivity (Wildman–Crippen MR) is 95.3 cm³/mol. The number of halogens is 1. The van der Waals surface area contributed by atoms with Crippen LogP contribution in [0.25, 0.3) is 0 Å². The number of amides is 1. The highest BCUT2D eigenvalue weighted by Crippen LogP contribution is 2.14. The van der Waals surface area contributed by atoms with Crippen molar-refractivity contribution in [2.24, 2.45) is 0 Å². The molecular weight excluding hydrogens is 335 g/mol. The van der Waals surface area contributed by atoms with Crippen molar-refractivity contribution in [1.82, 2.24) is 9.47 Å². The van der Waals surface area contributed by atoms with E-state index in [0.29, 0.717) is 24.4 Å². The van der Waals surface area contributed by atoms with E-state index in [1.165, 1.54) is 22.8 Å². The van der Waals surface area contributed by atoms with Gasteiger partial charge in [-0.1, -0.05) is 18.2 Å². The molecule has 26 heavy (non-hydrogen) atoms. The van der Waals surface area contributed by atoms with Gasteiger partial charge in [-0.05, 0) is 42.8 Å². The molecule has 0 N–H and O–H groups in total. The van der Waals surface area contributed by atoms with Crippen LogP contribution in [0.4, 0.5) is 4.39 Å². The molecule has 2 aromatic heterocycles. The standard InChI is InChI=1S/C20H19FN2O3/c1-2-22(13-15-6-5-7-16(21)12-15)20(25)18-10-9-17(26-18)14-23-11-4-3-8-19(23)24/h3-12H,2,13-14H2,1H3. The molecule has 0 aliphatic carbocycles. The molecule has 0 saturated carbocycles. The summed E-state index contributed by atoms with van der Waals surface area (Å²) in [6.45, 7) is 2.86. The molecule has 134 valence electrons. The van der Waals surface area contributed by atoms with Gasteiger partial charge in [0.2, 0.25) is 0 Å². The largest absolute Gasteiger partial charge is 0.454 e. The number of benzene rings is 1. The van der Waals surface area contributed by atoms with E-state index in [9.17, 15) is 14.0 Å². The summed E-state index contributed by atoms with van der Waals surface area (Å²) in [6, 6.07) is 14.3. The van der Waals surface area contributed by atoms with E-state index >= 15 is 0 Å². The Hall–Kier alpha value is -3.15. The highest BCUT2D eigenvalue weighted by molar-refractivity contribution is 5.91. The third-order valence-electron chi connectivity index (χ3n) is 4.03. The number of rotatable bonds is 6. The lowest BCUT2D eigenvalue weighted by molar-refractivity contribution is 0.0718. The third-order valence-corrected chi connectivity index (χ3v) is 4.03. The number of furan rings is 1. The number of carbonyl (C=O) groups is 1. The summed E-state index contributed by atoms with van der Waals surface area (Å²) in [5.41, 5.74) is 0.570. The first-order chi connectivity index (χ1) is 12.6. The minimum Gasteiger partial charge on any atom is -0.454 e. The third kappa shape index (κ3) is 4.08. The summed E-state index contributed by atoms with van der Waals surface area (Å²) < 4.78 is 20.5. The molecular formula is C20H19FN2O3. The number of nitrogens with zero attached hydrogens (tertiary/aromatic N) is 2. The van der Waals surface area contributed by atoms with Gasteiger partial charge in [-0.3, -0.25) is 9.59 Å². The van der Waals surface area contributed by atoms with Gasteiger partial charge in [0.1, 0.15) is 11.6 Å². The summed E-state index contributed by atoms with van der Waals surface area (Å²) in [5, 5.41) is 0. The van der Waals surface area contributed by atoms with Gasteiger partial charge in [-0.25, -0.2) is 4.39 Å². The predicted octanol–water partition coefficient (Wildman–Crippen LogP) is 3.29. The fourth-order valence-electron chi connectivity index (χ4n) is 2.68. The number of pyridine rings is 1. The van der Waals surface area contributed by atoms with Gasteiger partial charge in [0.25, 0.3) is 11.5 Å². The second kappa shape index (κ2) is 7.82. The molecule has 0 radical (unpaired) electrons. The van der Waals surface area contributed by atoms with E-state index in [-0.39, 0.29) is 29.6 Å². The Balaban J connectivity index is 1.73. The monoisotopic (exact) mass is 354 g/mol. The normalized spacial score (nSPS) is 10.7. The fourth-order valence-corrected chi connectivity index (χ4v) is 2.68. The van der Waals surface area contributed by atoms with Gasteiger partial charge in [0.05, 0.1) is 6.54 Å². The maximum absolute atomic E-state index is 13.3. The Kier molecular flexibility index (Phi) is 5.31. The second-order valence-electron chi connectivity index (χ2n) is 5.88. The minimum absolute atomic E-state index is 0.141. The van der Waals surface area contributed by atoms with Crippen LogP contribution in [0.2, 0.25) is 0 Å². The molecule has 0 saturated heterocycles. The SMILES string of the molecule is CCN(Cc1cccc(F)c1)C(=O)c1ccc(Cn2ccccc2=O)o1. The van der Waals surface area contributed by atoms with Crippen LogP contribution >= 0.6 is 0 Å². The molecule has 0 atom stereocenters. The lowest BCUT2D eigenvalue weighted by Crippen LogP contribution is -2.30. The molecule has 6 heteroatoms. The molecule has 0 spiro atoms. The van der Waals surface area contributed by atoms with Gasteiger partial charge in [0, 0.05) is 25.4 Å². The van der Waals surface area contributed by atoms with Crippen molar-refractivity contribution < 1.29 is 13.6 Å². The van der Waals surface area contributed by atoms with Crippen LogP contribution in [-0.4, -0.2) is 21.9 Å². The molecule has 0 fully saturated rings. The van der Waals surface area contributed by atoms with Crippen molar-refractivity contribution in [3.63, 3.8) is 0 Å². The van der Waals surface area contributed by atoms with E-state index < -0.39 is 0 Å². The number of carbonyl (C=O) groups excluding carboxylic acids is 1. The molecule has 1 amide bonds. The van der Waals surface area contributed by atoms with Gasteiger partial charge in [-0.15, -0.1) is 0 Å². The smallest absolute Gasteiger partial charge is 0.289 e.